The van der Waals surface area contributed by atoms with Gasteiger partial charge < -0.3 is 15.0 Å². The fourth-order valence-corrected chi connectivity index (χ4v) is 2.29. The first-order chi connectivity index (χ1) is 10.8. The van der Waals surface area contributed by atoms with Crippen LogP contribution in [0.25, 0.3) is 0 Å². The second-order valence-electron chi connectivity index (χ2n) is 5.02. The van der Waals surface area contributed by atoms with Gasteiger partial charge in [0.05, 0.1) is 13.2 Å². The molecule has 1 aliphatic heterocycles. The van der Waals surface area contributed by atoms with E-state index < -0.39 is 0 Å². The number of morpholine rings is 1. The molecule has 6 heteroatoms. The van der Waals surface area contributed by atoms with Crippen LogP contribution >= 0.6 is 0 Å². The SMILES string of the molecule is O=C(NCc1cccnc1)c1cccc(N2CCOCC2)n1. The minimum atomic E-state index is -0.182. The number of carbonyl (C=O) groups excluding carboxylic acids is 1. The number of hydrogen-bond acceptors (Lipinski definition) is 5. The number of hydrogen-bond donors (Lipinski definition) is 1. The molecular formula is C16H18N4O2. The largest absolute Gasteiger partial charge is 0.378 e. The Morgan fingerprint density at radius 2 is 2.09 bits per heavy atom. The van der Waals surface area contributed by atoms with Crippen molar-refractivity contribution in [2.45, 2.75) is 6.54 Å². The number of nitrogens with zero attached hydrogens (tertiary/aromatic N) is 3. The highest BCUT2D eigenvalue weighted by atomic mass is 16.5. The number of anilines is 1. The molecule has 0 spiro atoms. The van der Waals surface area contributed by atoms with Gasteiger partial charge in [0.2, 0.25) is 0 Å². The second kappa shape index (κ2) is 7.00. The molecule has 2 aromatic rings. The van der Waals surface area contributed by atoms with E-state index in [0.717, 1.165) is 24.5 Å². The van der Waals surface area contributed by atoms with E-state index in [1.165, 1.54) is 0 Å². The number of aromatic nitrogens is 2. The fraction of sp³-hybridized carbons (Fsp3) is 0.312. The van der Waals surface area contributed by atoms with Gasteiger partial charge in [-0.05, 0) is 23.8 Å². The lowest BCUT2D eigenvalue weighted by atomic mass is 10.2. The minimum Gasteiger partial charge on any atom is -0.378 e. The number of carbonyl (C=O) groups is 1. The number of ether oxygens (including phenoxy) is 1. The molecule has 6 nitrogen and oxygen atoms in total. The molecule has 22 heavy (non-hydrogen) atoms. The highest BCUT2D eigenvalue weighted by molar-refractivity contribution is 5.92. The van der Waals surface area contributed by atoms with Gasteiger partial charge in [-0.3, -0.25) is 9.78 Å². The van der Waals surface area contributed by atoms with Crippen molar-refractivity contribution in [1.29, 1.82) is 0 Å². The van der Waals surface area contributed by atoms with Crippen molar-refractivity contribution >= 4 is 11.7 Å². The van der Waals surface area contributed by atoms with Crippen molar-refractivity contribution in [2.75, 3.05) is 31.2 Å². The molecule has 0 aliphatic carbocycles. The molecule has 0 bridgehead atoms. The van der Waals surface area contributed by atoms with Crippen molar-refractivity contribution < 1.29 is 9.53 Å². The summed E-state index contributed by atoms with van der Waals surface area (Å²) in [5.41, 5.74) is 1.38. The predicted molar refractivity (Wildman–Crippen MR) is 82.7 cm³/mol. The van der Waals surface area contributed by atoms with Crippen molar-refractivity contribution in [3.63, 3.8) is 0 Å². The molecule has 1 saturated heterocycles. The Hall–Kier alpha value is -2.47. The number of nitrogens with one attached hydrogen (secondary N) is 1. The van der Waals surface area contributed by atoms with Crippen LogP contribution in [0.4, 0.5) is 5.82 Å². The summed E-state index contributed by atoms with van der Waals surface area (Å²) in [6, 6.07) is 9.27. The van der Waals surface area contributed by atoms with Crippen molar-refractivity contribution in [3.8, 4) is 0 Å². The van der Waals surface area contributed by atoms with E-state index in [-0.39, 0.29) is 5.91 Å². The molecule has 0 aromatic carbocycles. The van der Waals surface area contributed by atoms with Gasteiger partial charge in [-0.25, -0.2) is 4.98 Å². The molecule has 0 unspecified atom stereocenters. The van der Waals surface area contributed by atoms with Gasteiger partial charge in [0.1, 0.15) is 11.5 Å². The zero-order valence-corrected chi connectivity index (χ0v) is 12.2. The van der Waals surface area contributed by atoms with Gasteiger partial charge in [0, 0.05) is 32.0 Å². The van der Waals surface area contributed by atoms with Crippen molar-refractivity contribution in [1.82, 2.24) is 15.3 Å². The highest BCUT2D eigenvalue weighted by Crippen LogP contribution is 2.13. The van der Waals surface area contributed by atoms with E-state index >= 15 is 0 Å². The third kappa shape index (κ3) is 3.59. The van der Waals surface area contributed by atoms with Crippen LogP contribution in [0.3, 0.4) is 0 Å². The molecule has 0 atom stereocenters. The van der Waals surface area contributed by atoms with Crippen LogP contribution in [0.15, 0.2) is 42.7 Å². The Morgan fingerprint density at radius 1 is 1.23 bits per heavy atom. The first-order valence-electron chi connectivity index (χ1n) is 7.30. The Labute approximate surface area is 129 Å². The molecule has 3 rings (SSSR count). The van der Waals surface area contributed by atoms with E-state index in [4.69, 9.17) is 4.74 Å². The van der Waals surface area contributed by atoms with Gasteiger partial charge in [-0.2, -0.15) is 0 Å². The lowest BCUT2D eigenvalue weighted by Gasteiger charge is -2.27. The molecule has 1 aliphatic rings. The fourth-order valence-electron chi connectivity index (χ4n) is 2.29. The lowest BCUT2D eigenvalue weighted by Crippen LogP contribution is -2.37. The molecule has 114 valence electrons. The number of amides is 1. The van der Waals surface area contributed by atoms with Crippen LogP contribution < -0.4 is 10.2 Å². The van der Waals surface area contributed by atoms with Crippen LogP contribution in [0.5, 0.6) is 0 Å². The quantitative estimate of drug-likeness (QED) is 0.920. The highest BCUT2D eigenvalue weighted by Gasteiger charge is 2.14. The van der Waals surface area contributed by atoms with Crippen LogP contribution in [-0.4, -0.2) is 42.2 Å². The Kier molecular flexibility index (Phi) is 4.60. The molecular weight excluding hydrogens is 280 g/mol. The average molecular weight is 298 g/mol. The summed E-state index contributed by atoms with van der Waals surface area (Å²) in [5.74, 6) is 0.635. The van der Waals surface area contributed by atoms with E-state index in [1.54, 1.807) is 18.5 Å². The third-order valence-corrected chi connectivity index (χ3v) is 3.48. The van der Waals surface area contributed by atoms with E-state index in [1.807, 2.05) is 24.3 Å². The summed E-state index contributed by atoms with van der Waals surface area (Å²) in [4.78, 5) is 22.8. The standard InChI is InChI=1S/C16H18N4O2/c21-16(18-12-13-3-2-6-17-11-13)14-4-1-5-15(19-14)20-7-9-22-10-8-20/h1-6,11H,7-10,12H2,(H,18,21). The molecule has 1 fully saturated rings. The Bertz CT molecular complexity index is 627. The van der Waals surface area contributed by atoms with E-state index in [2.05, 4.69) is 20.2 Å². The molecule has 0 saturated carbocycles. The zero-order chi connectivity index (χ0) is 15.2. The van der Waals surface area contributed by atoms with Gasteiger partial charge >= 0.3 is 0 Å². The van der Waals surface area contributed by atoms with Crippen LogP contribution in [0.2, 0.25) is 0 Å². The minimum absolute atomic E-state index is 0.182. The van der Waals surface area contributed by atoms with E-state index in [0.29, 0.717) is 25.5 Å². The van der Waals surface area contributed by atoms with E-state index in [9.17, 15) is 4.79 Å². The number of pyridine rings is 2. The van der Waals surface area contributed by atoms with Crippen LogP contribution in [0.1, 0.15) is 16.1 Å². The summed E-state index contributed by atoms with van der Waals surface area (Å²) < 4.78 is 5.33. The molecule has 1 amide bonds. The van der Waals surface area contributed by atoms with Crippen LogP contribution in [0, 0.1) is 0 Å². The van der Waals surface area contributed by atoms with Crippen molar-refractivity contribution in [2.24, 2.45) is 0 Å². The summed E-state index contributed by atoms with van der Waals surface area (Å²) in [5, 5.41) is 2.86. The zero-order valence-electron chi connectivity index (χ0n) is 12.2. The molecule has 3 heterocycles. The second-order valence-corrected chi connectivity index (χ2v) is 5.02. The van der Waals surface area contributed by atoms with Gasteiger partial charge in [0.15, 0.2) is 0 Å². The third-order valence-electron chi connectivity index (χ3n) is 3.48. The smallest absolute Gasteiger partial charge is 0.270 e. The Morgan fingerprint density at radius 3 is 2.86 bits per heavy atom. The average Bonchev–Trinajstić information content (AvgIpc) is 2.61. The monoisotopic (exact) mass is 298 g/mol. The van der Waals surface area contributed by atoms with Gasteiger partial charge in [0.25, 0.3) is 5.91 Å². The van der Waals surface area contributed by atoms with Gasteiger partial charge in [-0.15, -0.1) is 0 Å². The maximum absolute atomic E-state index is 12.2. The van der Waals surface area contributed by atoms with Crippen LogP contribution in [-0.2, 0) is 11.3 Å². The first-order valence-corrected chi connectivity index (χ1v) is 7.30. The normalized spacial score (nSPS) is 14.6. The summed E-state index contributed by atoms with van der Waals surface area (Å²) in [6.07, 6.45) is 3.44. The maximum Gasteiger partial charge on any atom is 0.270 e. The summed E-state index contributed by atoms with van der Waals surface area (Å²) in [7, 11) is 0. The lowest BCUT2D eigenvalue weighted by molar-refractivity contribution is 0.0946. The molecule has 1 N–H and O–H groups in total. The molecule has 0 radical (unpaired) electrons. The summed E-state index contributed by atoms with van der Waals surface area (Å²) >= 11 is 0. The topological polar surface area (TPSA) is 67.4 Å². The molecule has 2 aromatic heterocycles. The van der Waals surface area contributed by atoms with Gasteiger partial charge in [-0.1, -0.05) is 12.1 Å². The Balaban J connectivity index is 1.64. The predicted octanol–water partition coefficient (Wildman–Crippen LogP) is 1.24. The first kappa shape index (κ1) is 14.5. The number of rotatable bonds is 4. The summed E-state index contributed by atoms with van der Waals surface area (Å²) in [6.45, 7) is 3.43. The van der Waals surface area contributed by atoms with Crippen molar-refractivity contribution in [3.05, 3.63) is 54.0 Å². The maximum atomic E-state index is 12.2.